The Labute approximate surface area is 131 Å². The number of carbonyl (C=O) groups excluding carboxylic acids is 1. The van der Waals surface area contributed by atoms with E-state index in [2.05, 4.69) is 11.4 Å². The Morgan fingerprint density at radius 1 is 1.09 bits per heavy atom. The second-order valence-electron chi connectivity index (χ2n) is 5.04. The van der Waals surface area contributed by atoms with Gasteiger partial charge in [0, 0.05) is 6.54 Å². The largest absolute Gasteiger partial charge is 0.497 e. The smallest absolute Gasteiger partial charge is 0.223 e. The van der Waals surface area contributed by atoms with E-state index in [0.29, 0.717) is 19.6 Å². The summed E-state index contributed by atoms with van der Waals surface area (Å²) < 4.78 is 10.6. The Balaban J connectivity index is 1.69. The van der Waals surface area contributed by atoms with Gasteiger partial charge in [-0.2, -0.15) is 0 Å². The molecule has 0 atom stereocenters. The van der Waals surface area contributed by atoms with Crippen LogP contribution in [0.1, 0.15) is 17.5 Å². The molecule has 0 aliphatic heterocycles. The molecule has 2 rings (SSSR count). The maximum absolute atomic E-state index is 11.8. The monoisotopic (exact) mass is 299 g/mol. The van der Waals surface area contributed by atoms with Crippen molar-refractivity contribution in [3.63, 3.8) is 0 Å². The molecule has 2 aromatic rings. The predicted octanol–water partition coefficient (Wildman–Crippen LogP) is 3.09. The lowest BCUT2D eigenvalue weighted by molar-refractivity contribution is -0.121. The summed E-state index contributed by atoms with van der Waals surface area (Å²) in [4.78, 5) is 11.8. The van der Waals surface area contributed by atoms with Crippen molar-refractivity contribution in [2.24, 2.45) is 0 Å². The van der Waals surface area contributed by atoms with Gasteiger partial charge in [0.1, 0.15) is 11.5 Å². The standard InChI is InChI=1S/C18H21NO3/c1-14-4-3-5-15(12-14)13-19-18(20)10-11-22-17-8-6-16(21-2)7-9-17/h3-9,12H,10-11,13H2,1-2H3,(H,19,20). The minimum Gasteiger partial charge on any atom is -0.497 e. The van der Waals surface area contributed by atoms with Gasteiger partial charge in [-0.15, -0.1) is 0 Å². The van der Waals surface area contributed by atoms with Gasteiger partial charge >= 0.3 is 0 Å². The number of nitrogens with one attached hydrogen (secondary N) is 1. The Kier molecular flexibility index (Phi) is 5.83. The summed E-state index contributed by atoms with van der Waals surface area (Å²) in [6, 6.07) is 15.4. The fourth-order valence-electron chi connectivity index (χ4n) is 2.04. The number of rotatable bonds is 7. The lowest BCUT2D eigenvalue weighted by Gasteiger charge is -2.08. The van der Waals surface area contributed by atoms with Gasteiger partial charge in [-0.3, -0.25) is 4.79 Å². The molecule has 4 nitrogen and oxygen atoms in total. The van der Waals surface area contributed by atoms with Gasteiger partial charge in [-0.25, -0.2) is 0 Å². The van der Waals surface area contributed by atoms with Crippen molar-refractivity contribution in [2.75, 3.05) is 13.7 Å². The maximum atomic E-state index is 11.8. The van der Waals surface area contributed by atoms with E-state index in [9.17, 15) is 4.79 Å². The summed E-state index contributed by atoms with van der Waals surface area (Å²) in [7, 11) is 1.62. The van der Waals surface area contributed by atoms with E-state index in [1.165, 1.54) is 5.56 Å². The maximum Gasteiger partial charge on any atom is 0.223 e. The molecule has 0 aromatic heterocycles. The van der Waals surface area contributed by atoms with E-state index < -0.39 is 0 Å². The molecule has 0 saturated heterocycles. The molecule has 22 heavy (non-hydrogen) atoms. The zero-order valence-corrected chi connectivity index (χ0v) is 13.0. The van der Waals surface area contributed by atoms with Crippen LogP contribution in [0.5, 0.6) is 11.5 Å². The third kappa shape index (κ3) is 5.13. The molecule has 4 heteroatoms. The van der Waals surface area contributed by atoms with Crippen LogP contribution in [0.2, 0.25) is 0 Å². The van der Waals surface area contributed by atoms with E-state index in [0.717, 1.165) is 17.1 Å². The van der Waals surface area contributed by atoms with Crippen LogP contribution in [0.4, 0.5) is 0 Å². The Hall–Kier alpha value is -2.49. The number of ether oxygens (including phenoxy) is 2. The van der Waals surface area contributed by atoms with Gasteiger partial charge in [0.25, 0.3) is 0 Å². The fourth-order valence-corrected chi connectivity index (χ4v) is 2.04. The number of benzene rings is 2. The highest BCUT2D eigenvalue weighted by atomic mass is 16.5. The van der Waals surface area contributed by atoms with Crippen molar-refractivity contribution in [1.82, 2.24) is 5.32 Å². The molecule has 0 aliphatic carbocycles. The zero-order valence-electron chi connectivity index (χ0n) is 13.0. The third-order valence-electron chi connectivity index (χ3n) is 3.23. The van der Waals surface area contributed by atoms with Crippen LogP contribution in [0.15, 0.2) is 48.5 Å². The molecule has 0 radical (unpaired) electrons. The van der Waals surface area contributed by atoms with E-state index >= 15 is 0 Å². The van der Waals surface area contributed by atoms with Gasteiger partial charge in [0.05, 0.1) is 20.1 Å². The highest BCUT2D eigenvalue weighted by Gasteiger charge is 2.03. The molecule has 0 fully saturated rings. The fraction of sp³-hybridized carbons (Fsp3) is 0.278. The summed E-state index contributed by atoms with van der Waals surface area (Å²) in [5.74, 6) is 1.49. The lowest BCUT2D eigenvalue weighted by atomic mass is 10.1. The number of methoxy groups -OCH3 is 1. The molecule has 0 spiro atoms. The minimum atomic E-state index is -0.0185. The zero-order chi connectivity index (χ0) is 15.8. The van der Waals surface area contributed by atoms with Gasteiger partial charge in [0.15, 0.2) is 0 Å². The molecule has 1 N–H and O–H groups in total. The SMILES string of the molecule is COc1ccc(OCCC(=O)NCc2cccc(C)c2)cc1. The predicted molar refractivity (Wildman–Crippen MR) is 86.1 cm³/mol. The quantitative estimate of drug-likeness (QED) is 0.854. The average molecular weight is 299 g/mol. The molecule has 0 saturated carbocycles. The Morgan fingerprint density at radius 2 is 1.82 bits per heavy atom. The van der Waals surface area contributed by atoms with Crippen molar-refractivity contribution in [2.45, 2.75) is 19.9 Å². The van der Waals surface area contributed by atoms with Crippen LogP contribution in [0, 0.1) is 6.92 Å². The Bertz CT molecular complexity index is 608. The lowest BCUT2D eigenvalue weighted by Crippen LogP contribution is -2.24. The molecule has 0 heterocycles. The van der Waals surface area contributed by atoms with E-state index in [1.807, 2.05) is 49.4 Å². The molecule has 0 bridgehead atoms. The molecular weight excluding hydrogens is 278 g/mol. The first-order chi connectivity index (χ1) is 10.7. The number of hydrogen-bond donors (Lipinski definition) is 1. The van der Waals surface area contributed by atoms with Crippen LogP contribution in [-0.4, -0.2) is 19.6 Å². The molecule has 0 aliphatic rings. The van der Waals surface area contributed by atoms with Crippen molar-refractivity contribution >= 4 is 5.91 Å². The van der Waals surface area contributed by atoms with Crippen molar-refractivity contribution < 1.29 is 14.3 Å². The molecule has 1 amide bonds. The van der Waals surface area contributed by atoms with Crippen molar-refractivity contribution in [1.29, 1.82) is 0 Å². The number of aryl methyl sites for hydroxylation is 1. The minimum absolute atomic E-state index is 0.0185. The molecule has 0 unspecified atom stereocenters. The summed E-state index contributed by atoms with van der Waals surface area (Å²) in [6.07, 6.45) is 0.331. The first-order valence-electron chi connectivity index (χ1n) is 7.26. The number of hydrogen-bond acceptors (Lipinski definition) is 3. The topological polar surface area (TPSA) is 47.6 Å². The van der Waals surface area contributed by atoms with Gasteiger partial charge in [-0.1, -0.05) is 29.8 Å². The van der Waals surface area contributed by atoms with E-state index in [-0.39, 0.29) is 5.91 Å². The van der Waals surface area contributed by atoms with Gasteiger partial charge in [0.2, 0.25) is 5.91 Å². The Morgan fingerprint density at radius 3 is 2.50 bits per heavy atom. The molecular formula is C18H21NO3. The van der Waals surface area contributed by atoms with Gasteiger partial charge < -0.3 is 14.8 Å². The second kappa shape index (κ2) is 8.08. The van der Waals surface area contributed by atoms with Crippen LogP contribution < -0.4 is 14.8 Å². The first kappa shape index (κ1) is 15.9. The number of amides is 1. The summed E-state index contributed by atoms with van der Waals surface area (Å²) >= 11 is 0. The first-order valence-corrected chi connectivity index (χ1v) is 7.26. The van der Waals surface area contributed by atoms with Gasteiger partial charge in [-0.05, 0) is 36.8 Å². The third-order valence-corrected chi connectivity index (χ3v) is 3.23. The van der Waals surface area contributed by atoms with Crippen LogP contribution in [0.3, 0.4) is 0 Å². The van der Waals surface area contributed by atoms with E-state index in [4.69, 9.17) is 9.47 Å². The summed E-state index contributed by atoms with van der Waals surface area (Å²) in [5, 5.41) is 2.89. The normalized spacial score (nSPS) is 10.1. The highest BCUT2D eigenvalue weighted by molar-refractivity contribution is 5.76. The van der Waals surface area contributed by atoms with Crippen LogP contribution >= 0.6 is 0 Å². The summed E-state index contributed by atoms with van der Waals surface area (Å²) in [5.41, 5.74) is 2.29. The van der Waals surface area contributed by atoms with Crippen LogP contribution in [0.25, 0.3) is 0 Å². The highest BCUT2D eigenvalue weighted by Crippen LogP contribution is 2.16. The average Bonchev–Trinajstić information content (AvgIpc) is 2.54. The molecule has 116 valence electrons. The number of carbonyl (C=O) groups is 1. The van der Waals surface area contributed by atoms with Crippen molar-refractivity contribution in [3.05, 3.63) is 59.7 Å². The van der Waals surface area contributed by atoms with E-state index in [1.54, 1.807) is 7.11 Å². The molecule has 2 aromatic carbocycles. The van der Waals surface area contributed by atoms with Crippen LogP contribution in [-0.2, 0) is 11.3 Å². The second-order valence-corrected chi connectivity index (χ2v) is 5.04. The summed E-state index contributed by atoms with van der Waals surface area (Å²) in [6.45, 7) is 2.93. The van der Waals surface area contributed by atoms with Crippen molar-refractivity contribution in [3.8, 4) is 11.5 Å².